The number of hydrogen-bond acceptors (Lipinski definition) is 3. The molecule has 1 aromatic carbocycles. The highest BCUT2D eigenvalue weighted by Crippen LogP contribution is 2.57. The van der Waals surface area contributed by atoms with Gasteiger partial charge in [-0.2, -0.15) is 0 Å². The average Bonchev–Trinajstić information content (AvgIpc) is 2.83. The SMILES string of the molecule is CC1(C)CC1n1c(SCC(=O)O)nc2ccc(Br)cc21. The third-order valence-corrected chi connectivity index (χ3v) is 5.15. The maximum Gasteiger partial charge on any atom is 0.313 e. The zero-order valence-corrected chi connectivity index (χ0v) is 13.7. The zero-order valence-electron chi connectivity index (χ0n) is 11.3. The second-order valence-electron chi connectivity index (χ2n) is 5.79. The lowest BCUT2D eigenvalue weighted by Crippen LogP contribution is -2.04. The Hall–Kier alpha value is -1.01. The van der Waals surface area contributed by atoms with Crippen LogP contribution in [0.1, 0.15) is 26.3 Å². The standard InChI is InChI=1S/C14H15BrN2O2S/c1-14(2)6-11(14)17-10-5-8(15)3-4-9(10)16-13(17)20-7-12(18)19/h3-5,11H,6-7H2,1-2H3,(H,18,19). The summed E-state index contributed by atoms with van der Waals surface area (Å²) in [6.07, 6.45) is 1.10. The van der Waals surface area contributed by atoms with Crippen molar-refractivity contribution >= 4 is 44.7 Å². The van der Waals surface area contributed by atoms with Gasteiger partial charge in [0.1, 0.15) is 0 Å². The summed E-state index contributed by atoms with van der Waals surface area (Å²) in [6, 6.07) is 6.39. The lowest BCUT2D eigenvalue weighted by Gasteiger charge is -2.10. The van der Waals surface area contributed by atoms with Gasteiger partial charge in [-0.25, -0.2) is 4.98 Å². The summed E-state index contributed by atoms with van der Waals surface area (Å²) in [5, 5.41) is 9.68. The first-order chi connectivity index (χ1) is 9.38. The predicted molar refractivity (Wildman–Crippen MR) is 83.2 cm³/mol. The number of halogens is 1. The van der Waals surface area contributed by atoms with Gasteiger partial charge in [-0.3, -0.25) is 4.79 Å². The van der Waals surface area contributed by atoms with E-state index in [-0.39, 0.29) is 11.2 Å². The third-order valence-electron chi connectivity index (χ3n) is 3.72. The minimum atomic E-state index is -0.815. The van der Waals surface area contributed by atoms with Crippen molar-refractivity contribution in [2.75, 3.05) is 5.75 Å². The van der Waals surface area contributed by atoms with Crippen LogP contribution in [0.2, 0.25) is 0 Å². The number of benzene rings is 1. The number of carboxylic acids is 1. The number of fused-ring (bicyclic) bond motifs is 1. The summed E-state index contributed by atoms with van der Waals surface area (Å²) < 4.78 is 3.22. The molecule has 1 aliphatic rings. The summed E-state index contributed by atoms with van der Waals surface area (Å²) in [4.78, 5) is 15.4. The van der Waals surface area contributed by atoms with Gasteiger partial charge in [0, 0.05) is 10.5 Å². The van der Waals surface area contributed by atoms with E-state index in [0.29, 0.717) is 6.04 Å². The van der Waals surface area contributed by atoms with E-state index in [9.17, 15) is 4.79 Å². The molecule has 6 heteroatoms. The number of carbonyl (C=O) groups is 1. The van der Waals surface area contributed by atoms with Crippen LogP contribution in [0.15, 0.2) is 27.8 Å². The van der Waals surface area contributed by atoms with Crippen molar-refractivity contribution in [1.29, 1.82) is 0 Å². The van der Waals surface area contributed by atoms with Crippen LogP contribution in [0, 0.1) is 5.41 Å². The third kappa shape index (κ3) is 2.46. The largest absolute Gasteiger partial charge is 0.481 e. The molecule has 2 aromatic rings. The van der Waals surface area contributed by atoms with Crippen molar-refractivity contribution in [2.24, 2.45) is 5.41 Å². The lowest BCUT2D eigenvalue weighted by atomic mass is 10.2. The second kappa shape index (κ2) is 4.77. The molecule has 4 nitrogen and oxygen atoms in total. The Bertz CT molecular complexity index is 696. The van der Waals surface area contributed by atoms with E-state index >= 15 is 0 Å². The maximum atomic E-state index is 10.8. The first-order valence-corrected chi connectivity index (χ1v) is 8.18. The smallest absolute Gasteiger partial charge is 0.313 e. The lowest BCUT2D eigenvalue weighted by molar-refractivity contribution is -0.133. The van der Waals surface area contributed by atoms with Crippen LogP contribution in [0.5, 0.6) is 0 Å². The Labute approximate surface area is 129 Å². The summed E-state index contributed by atoms with van der Waals surface area (Å²) in [6.45, 7) is 4.46. The Morgan fingerprint density at radius 2 is 2.30 bits per heavy atom. The van der Waals surface area contributed by atoms with E-state index in [2.05, 4.69) is 45.4 Å². The number of thioether (sulfide) groups is 1. The highest BCUT2D eigenvalue weighted by Gasteiger charge is 2.48. The minimum absolute atomic E-state index is 0.0393. The molecule has 0 spiro atoms. The molecule has 1 unspecified atom stereocenters. The highest BCUT2D eigenvalue weighted by atomic mass is 79.9. The minimum Gasteiger partial charge on any atom is -0.481 e. The molecule has 0 aliphatic heterocycles. The molecule has 0 bridgehead atoms. The molecule has 1 aliphatic carbocycles. The van der Waals surface area contributed by atoms with Crippen LogP contribution in [0.25, 0.3) is 11.0 Å². The number of carboxylic acid groups (broad SMARTS) is 1. The van der Waals surface area contributed by atoms with Gasteiger partial charge < -0.3 is 9.67 Å². The molecule has 1 heterocycles. The molecular weight excluding hydrogens is 340 g/mol. The normalized spacial score (nSPS) is 20.2. The summed E-state index contributed by atoms with van der Waals surface area (Å²) in [5.74, 6) is -0.776. The Morgan fingerprint density at radius 3 is 2.90 bits per heavy atom. The molecule has 3 rings (SSSR count). The predicted octanol–water partition coefficient (Wildman–Crippen LogP) is 3.95. The van der Waals surface area contributed by atoms with Crippen LogP contribution in [-0.4, -0.2) is 26.4 Å². The van der Waals surface area contributed by atoms with Crippen LogP contribution in [0.4, 0.5) is 0 Å². The summed E-state index contributed by atoms with van der Waals surface area (Å²) in [7, 11) is 0. The second-order valence-corrected chi connectivity index (χ2v) is 7.65. The molecular formula is C14H15BrN2O2S. The van der Waals surface area contributed by atoms with Crippen molar-refractivity contribution in [3.63, 3.8) is 0 Å². The fourth-order valence-electron chi connectivity index (χ4n) is 2.45. The van der Waals surface area contributed by atoms with Crippen molar-refractivity contribution in [2.45, 2.75) is 31.5 Å². The van der Waals surface area contributed by atoms with E-state index in [1.54, 1.807) is 0 Å². The fourth-order valence-corrected chi connectivity index (χ4v) is 3.58. The Kier molecular flexibility index (Phi) is 3.33. The molecule has 1 aromatic heterocycles. The summed E-state index contributed by atoms with van der Waals surface area (Å²) in [5.41, 5.74) is 2.25. The number of imidazole rings is 1. The molecule has 0 amide bonds. The van der Waals surface area contributed by atoms with Crippen molar-refractivity contribution in [3.8, 4) is 0 Å². The van der Waals surface area contributed by atoms with E-state index in [1.807, 2.05) is 12.1 Å². The first-order valence-electron chi connectivity index (χ1n) is 6.40. The van der Waals surface area contributed by atoms with Crippen molar-refractivity contribution in [3.05, 3.63) is 22.7 Å². The van der Waals surface area contributed by atoms with Gasteiger partial charge in [-0.15, -0.1) is 0 Å². The van der Waals surface area contributed by atoms with Crippen molar-refractivity contribution < 1.29 is 9.90 Å². The van der Waals surface area contributed by atoms with E-state index < -0.39 is 5.97 Å². The molecule has 20 heavy (non-hydrogen) atoms. The number of aliphatic carboxylic acids is 1. The van der Waals surface area contributed by atoms with Gasteiger partial charge in [0.05, 0.1) is 16.8 Å². The van der Waals surface area contributed by atoms with Crippen LogP contribution in [0.3, 0.4) is 0 Å². The number of rotatable bonds is 4. The van der Waals surface area contributed by atoms with Crippen LogP contribution in [-0.2, 0) is 4.79 Å². The Morgan fingerprint density at radius 1 is 1.60 bits per heavy atom. The van der Waals surface area contributed by atoms with Gasteiger partial charge in [0.25, 0.3) is 0 Å². The van der Waals surface area contributed by atoms with Crippen LogP contribution < -0.4 is 0 Å². The zero-order chi connectivity index (χ0) is 14.5. The van der Waals surface area contributed by atoms with Crippen LogP contribution >= 0.6 is 27.7 Å². The highest BCUT2D eigenvalue weighted by molar-refractivity contribution is 9.10. The van der Waals surface area contributed by atoms with Gasteiger partial charge in [-0.05, 0) is 30.0 Å². The van der Waals surface area contributed by atoms with Gasteiger partial charge in [-0.1, -0.05) is 41.5 Å². The fraction of sp³-hybridized carbons (Fsp3) is 0.429. The van der Waals surface area contributed by atoms with E-state index in [4.69, 9.17) is 5.11 Å². The van der Waals surface area contributed by atoms with Gasteiger partial charge in [0.15, 0.2) is 5.16 Å². The first kappa shape index (κ1) is 13.9. The van der Waals surface area contributed by atoms with Crippen molar-refractivity contribution in [1.82, 2.24) is 9.55 Å². The number of hydrogen-bond donors (Lipinski definition) is 1. The van der Waals surface area contributed by atoms with E-state index in [1.165, 1.54) is 11.8 Å². The topological polar surface area (TPSA) is 55.1 Å². The summed E-state index contributed by atoms with van der Waals surface area (Å²) >= 11 is 4.79. The maximum absolute atomic E-state index is 10.8. The Balaban J connectivity index is 2.08. The van der Waals surface area contributed by atoms with Gasteiger partial charge in [0.2, 0.25) is 0 Å². The number of aromatic nitrogens is 2. The average molecular weight is 355 g/mol. The molecule has 1 fully saturated rings. The molecule has 0 saturated heterocycles. The van der Waals surface area contributed by atoms with Gasteiger partial charge >= 0.3 is 5.97 Å². The quantitative estimate of drug-likeness (QED) is 0.844. The molecule has 1 atom stereocenters. The van der Waals surface area contributed by atoms with E-state index in [0.717, 1.165) is 27.1 Å². The molecule has 106 valence electrons. The molecule has 1 saturated carbocycles. The monoisotopic (exact) mass is 354 g/mol. The molecule has 1 N–H and O–H groups in total. The number of nitrogens with zero attached hydrogens (tertiary/aromatic N) is 2. The molecule has 0 radical (unpaired) electrons.